The van der Waals surface area contributed by atoms with E-state index < -0.39 is 276 Å². The third kappa shape index (κ3) is 38.9. The van der Waals surface area contributed by atoms with E-state index in [-0.39, 0.29) is 38.0 Å². The van der Waals surface area contributed by atoms with Crippen LogP contribution in [-0.2, 0) is 91.1 Å². The number of aliphatic hydroxyl groups is 3. The molecule has 0 aliphatic carbocycles. The van der Waals surface area contributed by atoms with E-state index in [1.807, 2.05) is 0 Å². The van der Waals surface area contributed by atoms with Gasteiger partial charge < -0.3 is 128 Å². The number of amides is 16. The van der Waals surface area contributed by atoms with Crippen LogP contribution in [0.15, 0.2) is 0 Å². The molecular weight excluding hydrogens is 1400 g/mol. The summed E-state index contributed by atoms with van der Waals surface area (Å²) >= 11 is 2.60. The lowest BCUT2D eigenvalue weighted by Crippen LogP contribution is -2.61. The Hall–Kier alpha value is -9.57. The largest absolute Gasteiger partial charge is 0.481 e. The molecular formula is C57H96N18O25S2. The number of carbonyl (C=O) groups excluding carboxylic acids is 16. The monoisotopic (exact) mass is 1500 g/mol. The summed E-state index contributed by atoms with van der Waals surface area (Å²) < 4.78 is 0. The highest BCUT2D eigenvalue weighted by molar-refractivity contribution is 7.98. The molecule has 0 bridgehead atoms. The van der Waals surface area contributed by atoms with Crippen molar-refractivity contribution >= 4 is 136 Å². The fourth-order valence-corrected chi connectivity index (χ4v) is 9.40. The first kappa shape index (κ1) is 92.4. The van der Waals surface area contributed by atoms with Crippen molar-refractivity contribution in [1.82, 2.24) is 74.4 Å². The predicted octanol–water partition coefficient (Wildman–Crippen LogP) is -12.0. The number of rotatable bonds is 54. The number of aliphatic hydroxyl groups excluding tert-OH is 3. The van der Waals surface area contributed by atoms with Gasteiger partial charge in [0, 0.05) is 25.7 Å². The quantitative estimate of drug-likeness (QED) is 0.0251. The molecule has 28 N–H and O–H groups in total. The van der Waals surface area contributed by atoms with Crippen LogP contribution in [0.2, 0.25) is 0 Å². The van der Waals surface area contributed by atoms with Crippen LogP contribution >= 0.6 is 23.5 Å². The molecule has 0 aromatic carbocycles. The van der Waals surface area contributed by atoms with Crippen LogP contribution in [0.25, 0.3) is 0 Å². The molecule has 0 saturated heterocycles. The number of nitrogens with two attached hydrogens (primary N) is 4. The summed E-state index contributed by atoms with van der Waals surface area (Å²) in [6.07, 6.45) is -0.289. The Bertz CT molecular complexity index is 2920. The Balaban J connectivity index is 5.98. The summed E-state index contributed by atoms with van der Waals surface area (Å²) in [4.78, 5) is 242. The second-order valence-corrected chi connectivity index (χ2v) is 24.5. The van der Waals surface area contributed by atoms with E-state index in [1.165, 1.54) is 30.4 Å². The lowest BCUT2D eigenvalue weighted by molar-refractivity contribution is -0.143. The normalized spacial score (nSPS) is 14.4. The van der Waals surface area contributed by atoms with Crippen molar-refractivity contribution in [2.75, 3.05) is 70.0 Å². The van der Waals surface area contributed by atoms with Gasteiger partial charge in [0.1, 0.15) is 66.5 Å². The first-order valence-electron chi connectivity index (χ1n) is 31.6. The van der Waals surface area contributed by atoms with Crippen LogP contribution in [0.5, 0.6) is 0 Å². The zero-order valence-electron chi connectivity index (χ0n) is 56.6. The summed E-state index contributed by atoms with van der Waals surface area (Å²) in [7, 11) is 0. The Labute approximate surface area is 592 Å². The number of primary amides is 2. The fraction of sp³-hybridized carbons (Fsp3) is 0.667. The number of unbranched alkanes of at least 4 members (excludes halogenated alkanes) is 1. The molecule has 576 valence electrons. The van der Waals surface area contributed by atoms with Gasteiger partial charge in [-0.2, -0.15) is 23.5 Å². The van der Waals surface area contributed by atoms with Gasteiger partial charge in [0.25, 0.3) is 0 Å². The van der Waals surface area contributed by atoms with E-state index in [4.69, 9.17) is 22.9 Å². The van der Waals surface area contributed by atoms with Crippen LogP contribution in [0.4, 0.5) is 0 Å². The number of hydrogen-bond donors (Lipinski definition) is 24. The average molecular weight is 1500 g/mol. The molecule has 16 amide bonds. The minimum absolute atomic E-state index is 0.123. The molecule has 0 radical (unpaired) electrons. The van der Waals surface area contributed by atoms with Crippen molar-refractivity contribution in [3.63, 3.8) is 0 Å². The number of thioether (sulfide) groups is 2. The van der Waals surface area contributed by atoms with Crippen LogP contribution in [0.3, 0.4) is 0 Å². The van der Waals surface area contributed by atoms with E-state index >= 15 is 0 Å². The highest BCUT2D eigenvalue weighted by atomic mass is 32.2. The molecule has 0 rings (SSSR count). The molecule has 0 heterocycles. The minimum atomic E-state index is -1.87. The summed E-state index contributed by atoms with van der Waals surface area (Å²) in [5.41, 5.74) is 21.7. The highest BCUT2D eigenvalue weighted by Crippen LogP contribution is 2.10. The molecule has 0 fully saturated rings. The number of carbonyl (C=O) groups is 19. The minimum Gasteiger partial charge on any atom is -0.481 e. The Morgan fingerprint density at radius 3 is 1.13 bits per heavy atom. The maximum Gasteiger partial charge on any atom is 0.326 e. The molecule has 0 aliphatic rings. The topological polar surface area (TPSA) is 718 Å². The molecule has 0 aromatic heterocycles. The average Bonchev–Trinajstić information content (AvgIpc) is 0.876. The van der Waals surface area contributed by atoms with Gasteiger partial charge in [-0.1, -0.05) is 0 Å². The maximum atomic E-state index is 14.0. The van der Waals surface area contributed by atoms with Gasteiger partial charge in [0.15, 0.2) is 0 Å². The van der Waals surface area contributed by atoms with E-state index in [0.717, 1.165) is 6.92 Å². The van der Waals surface area contributed by atoms with Crippen LogP contribution in [0, 0.1) is 0 Å². The van der Waals surface area contributed by atoms with Gasteiger partial charge in [0.2, 0.25) is 94.5 Å². The Morgan fingerprint density at radius 2 is 0.676 bits per heavy atom. The molecule has 0 aromatic rings. The van der Waals surface area contributed by atoms with Crippen LogP contribution < -0.4 is 97.4 Å². The van der Waals surface area contributed by atoms with Crippen molar-refractivity contribution < 1.29 is 122 Å². The smallest absolute Gasteiger partial charge is 0.326 e. The summed E-state index contributed by atoms with van der Waals surface area (Å²) in [5, 5.41) is 89.4. The maximum absolute atomic E-state index is 14.0. The highest BCUT2D eigenvalue weighted by Gasteiger charge is 2.36. The number of hydrogen-bond acceptors (Lipinski definition) is 26. The van der Waals surface area contributed by atoms with Gasteiger partial charge in [-0.25, -0.2) is 4.79 Å². The van der Waals surface area contributed by atoms with E-state index in [9.17, 15) is 122 Å². The van der Waals surface area contributed by atoms with Crippen molar-refractivity contribution in [3.8, 4) is 0 Å². The van der Waals surface area contributed by atoms with Crippen molar-refractivity contribution in [2.45, 2.75) is 170 Å². The fourth-order valence-electron chi connectivity index (χ4n) is 8.44. The van der Waals surface area contributed by atoms with Gasteiger partial charge in [-0.3, -0.25) is 86.3 Å². The van der Waals surface area contributed by atoms with Crippen LogP contribution in [-0.4, -0.2) is 286 Å². The second-order valence-electron chi connectivity index (χ2n) is 22.6. The lowest BCUT2D eigenvalue weighted by atomic mass is 10.1. The zero-order valence-corrected chi connectivity index (χ0v) is 58.2. The lowest BCUT2D eigenvalue weighted by Gasteiger charge is -2.27. The number of nitrogens with one attached hydrogen (secondary N) is 14. The first-order valence-corrected chi connectivity index (χ1v) is 34.4. The molecule has 0 aliphatic heterocycles. The summed E-state index contributed by atoms with van der Waals surface area (Å²) in [6.45, 7) is -3.43. The molecule has 0 spiro atoms. The molecule has 0 saturated carbocycles. The number of carboxylic acids is 3. The summed E-state index contributed by atoms with van der Waals surface area (Å²) in [5.74, 6) is -20.4. The van der Waals surface area contributed by atoms with Crippen molar-refractivity contribution in [2.24, 2.45) is 22.9 Å². The molecule has 12 atom stereocenters. The zero-order chi connectivity index (χ0) is 77.8. The van der Waals surface area contributed by atoms with E-state index in [1.54, 1.807) is 12.5 Å². The van der Waals surface area contributed by atoms with Gasteiger partial charge in [-0.05, 0) is 102 Å². The van der Waals surface area contributed by atoms with E-state index in [2.05, 4.69) is 74.4 Å². The van der Waals surface area contributed by atoms with Crippen molar-refractivity contribution in [1.29, 1.82) is 0 Å². The van der Waals surface area contributed by atoms with Gasteiger partial charge >= 0.3 is 17.9 Å². The number of aliphatic carboxylic acids is 3. The molecule has 45 heteroatoms. The molecule has 102 heavy (non-hydrogen) atoms. The van der Waals surface area contributed by atoms with Crippen LogP contribution in [0.1, 0.15) is 97.3 Å². The Kier molecular flexibility index (Phi) is 45.9. The third-order valence-corrected chi connectivity index (χ3v) is 15.5. The standard InChI is InChI=1S/C57H96N18O25S2/c1-27(46(88)63-23-43(83)67-31(8-12-39(60)79)51(93)72-35(57(99)100)9-13-40(61)80)65-42(82)22-62-41(81)21-64-49(91)36(24-76)73-53(95)33(11-15-45(86)87)70-54(96)34(17-20-102-4)71-50(92)30(7-5-6-18-58)68-47(89)28(2)66-55(97)37(25-77)75-56(98)38(26-78)74-52(94)32(10-14-44(84)85)69-48(90)29(59)16-19-101-3/h27-38,76-78H,5-26,58-59H2,1-4H3,(H2,60,79)(H2,61,80)(H,62,81)(H,63,88)(H,64,91)(H,65,82)(H,66,97)(H,67,83)(H,68,89)(H,69,90)(H,70,96)(H,71,92)(H,72,93)(H,73,95)(H,74,94)(H,75,98)(H,84,85)(H,86,87)(H,99,100)/t27-,28-,29-,30-,31-,32-,33-,34-,35-,36-,37-,38-/m0/s1. The second kappa shape index (κ2) is 50.7. The van der Waals surface area contributed by atoms with Crippen molar-refractivity contribution in [3.05, 3.63) is 0 Å². The Morgan fingerprint density at radius 1 is 0.343 bits per heavy atom. The first-order chi connectivity index (χ1) is 48.0. The predicted molar refractivity (Wildman–Crippen MR) is 358 cm³/mol. The third-order valence-electron chi connectivity index (χ3n) is 14.2. The van der Waals surface area contributed by atoms with Gasteiger partial charge in [-0.15, -0.1) is 0 Å². The summed E-state index contributed by atoms with van der Waals surface area (Å²) in [6, 6.07) is -19.1. The van der Waals surface area contributed by atoms with E-state index in [0.29, 0.717) is 12.2 Å². The van der Waals surface area contributed by atoms with Gasteiger partial charge in [0.05, 0.1) is 45.5 Å². The SMILES string of the molecule is CSCC[C@H](NC(=O)[C@H](CCCCN)NC(=O)[C@H](C)NC(=O)[C@H](CO)NC(=O)[C@H](CO)NC(=O)[C@H](CCC(=O)O)NC(=O)[C@@H](N)CCSC)C(=O)N[C@@H](CCC(=O)O)C(=O)N[C@@H](CO)C(=O)NCC(=O)NCC(=O)N[C@@H](C)C(=O)NCC(=O)N[C@@H](CCC(N)=O)C(=O)N[C@@H](CCC(N)=O)C(=O)O. The molecule has 0 unspecified atom stereocenters. The molecule has 43 nitrogen and oxygen atoms in total. The number of carboxylic acid groups (broad SMARTS) is 3.